The third-order valence-electron chi connectivity index (χ3n) is 4.02. The summed E-state index contributed by atoms with van der Waals surface area (Å²) < 4.78 is 7.14. The van der Waals surface area contributed by atoms with Gasteiger partial charge in [-0.25, -0.2) is 4.79 Å². The molecule has 0 unspecified atom stereocenters. The summed E-state index contributed by atoms with van der Waals surface area (Å²) in [5.41, 5.74) is 1.50. The van der Waals surface area contributed by atoms with Gasteiger partial charge in [0.15, 0.2) is 11.5 Å². The summed E-state index contributed by atoms with van der Waals surface area (Å²) in [6.45, 7) is 1.55. The molecule has 3 aromatic heterocycles. The normalized spacial score (nSPS) is 17.0. The Morgan fingerprint density at radius 2 is 2.28 bits per heavy atom. The van der Waals surface area contributed by atoms with Crippen molar-refractivity contribution in [2.45, 2.75) is 25.5 Å². The Hall–Kier alpha value is -2.52. The van der Waals surface area contributed by atoms with Crippen LogP contribution in [0.1, 0.15) is 18.7 Å². The fraction of sp³-hybridized carbons (Fsp3) is 0.375. The molecule has 2 N–H and O–H groups in total. The minimum absolute atomic E-state index is 0.120. The number of fused-ring (bicyclic) bond motifs is 1. The number of carbonyl (C=O) groups excluding carboxylic acids is 1. The van der Waals surface area contributed by atoms with Gasteiger partial charge in [-0.15, -0.1) is 21.5 Å². The van der Waals surface area contributed by atoms with Gasteiger partial charge in [-0.2, -0.15) is 9.61 Å². The van der Waals surface area contributed by atoms with Crippen molar-refractivity contribution < 1.29 is 9.53 Å². The van der Waals surface area contributed by atoms with Gasteiger partial charge in [0.05, 0.1) is 17.5 Å². The fourth-order valence-electron chi connectivity index (χ4n) is 2.73. The lowest BCUT2D eigenvalue weighted by molar-refractivity contribution is 0.111. The van der Waals surface area contributed by atoms with Gasteiger partial charge in [0, 0.05) is 13.2 Å². The number of amides is 2. The fourth-order valence-corrected chi connectivity index (χ4v) is 3.42. The number of urea groups is 1. The van der Waals surface area contributed by atoms with Crippen LogP contribution in [-0.2, 0) is 11.3 Å². The summed E-state index contributed by atoms with van der Waals surface area (Å²) in [7, 11) is 0. The molecule has 0 aliphatic carbocycles. The van der Waals surface area contributed by atoms with E-state index in [2.05, 4.69) is 25.9 Å². The number of rotatable bonds is 5. The van der Waals surface area contributed by atoms with Crippen molar-refractivity contribution in [3.63, 3.8) is 0 Å². The van der Waals surface area contributed by atoms with Crippen molar-refractivity contribution in [3.8, 4) is 10.6 Å². The van der Waals surface area contributed by atoms with E-state index in [9.17, 15) is 4.79 Å². The number of thiophene rings is 1. The van der Waals surface area contributed by atoms with Crippen molar-refractivity contribution >= 4 is 23.0 Å². The van der Waals surface area contributed by atoms with E-state index < -0.39 is 0 Å². The molecule has 130 valence electrons. The van der Waals surface area contributed by atoms with E-state index in [4.69, 9.17) is 4.74 Å². The average molecular weight is 358 g/mol. The van der Waals surface area contributed by atoms with Crippen LogP contribution in [0.25, 0.3) is 16.2 Å². The van der Waals surface area contributed by atoms with Gasteiger partial charge >= 0.3 is 6.03 Å². The molecule has 3 aromatic rings. The molecule has 0 radical (unpaired) electrons. The van der Waals surface area contributed by atoms with E-state index in [0.29, 0.717) is 18.0 Å². The first kappa shape index (κ1) is 16.0. The Morgan fingerprint density at radius 3 is 3.08 bits per heavy atom. The standard InChI is InChI=1S/C16H18N6O2S/c23-16(17-9-11-3-1-7-24-11)18-10-15-20-19-14-6-5-12(21-22(14)15)13-4-2-8-25-13/h2,4-6,8,11H,1,3,7,9-10H2,(H2,17,18,23)/t11-/m1/s1. The van der Waals surface area contributed by atoms with Crippen LogP contribution < -0.4 is 10.6 Å². The Labute approximate surface area is 148 Å². The molecule has 4 heterocycles. The SMILES string of the molecule is O=C(NCc1nnc2ccc(-c3cccs3)nn12)NC[C@H]1CCCO1. The van der Waals surface area contributed by atoms with Gasteiger partial charge < -0.3 is 15.4 Å². The summed E-state index contributed by atoms with van der Waals surface area (Å²) in [6, 6.07) is 7.54. The lowest BCUT2D eigenvalue weighted by Crippen LogP contribution is -2.39. The number of aromatic nitrogens is 4. The highest BCUT2D eigenvalue weighted by Crippen LogP contribution is 2.22. The third-order valence-corrected chi connectivity index (χ3v) is 4.91. The molecule has 0 aromatic carbocycles. The number of nitrogens with zero attached hydrogens (tertiary/aromatic N) is 4. The van der Waals surface area contributed by atoms with Gasteiger partial charge in [-0.1, -0.05) is 6.07 Å². The molecule has 0 spiro atoms. The molecule has 0 bridgehead atoms. The highest BCUT2D eigenvalue weighted by atomic mass is 32.1. The highest BCUT2D eigenvalue weighted by Gasteiger charge is 2.16. The smallest absolute Gasteiger partial charge is 0.315 e. The maximum atomic E-state index is 11.9. The van der Waals surface area contributed by atoms with Gasteiger partial charge in [-0.3, -0.25) is 0 Å². The molecular formula is C16H18N6O2S. The van der Waals surface area contributed by atoms with E-state index in [1.165, 1.54) is 0 Å². The molecule has 8 nitrogen and oxygen atoms in total. The summed E-state index contributed by atoms with van der Waals surface area (Å²) in [5, 5.41) is 20.4. The lowest BCUT2D eigenvalue weighted by Gasteiger charge is -2.11. The second-order valence-electron chi connectivity index (χ2n) is 5.78. The monoisotopic (exact) mass is 358 g/mol. The van der Waals surface area contributed by atoms with Crippen molar-refractivity contribution in [1.82, 2.24) is 30.4 Å². The minimum atomic E-state index is -0.248. The molecule has 4 rings (SSSR count). The largest absolute Gasteiger partial charge is 0.376 e. The van der Waals surface area contributed by atoms with E-state index in [1.807, 2.05) is 29.6 Å². The molecule has 1 atom stereocenters. The Kier molecular flexibility index (Phi) is 4.57. The predicted octanol–water partition coefficient (Wildman–Crippen LogP) is 1.83. The Morgan fingerprint density at radius 1 is 1.32 bits per heavy atom. The summed E-state index contributed by atoms with van der Waals surface area (Å²) in [4.78, 5) is 13.0. The zero-order valence-corrected chi connectivity index (χ0v) is 14.3. The molecule has 25 heavy (non-hydrogen) atoms. The van der Waals surface area contributed by atoms with Gasteiger partial charge in [0.25, 0.3) is 0 Å². The van der Waals surface area contributed by atoms with Crippen LogP contribution in [0, 0.1) is 0 Å². The van der Waals surface area contributed by atoms with Gasteiger partial charge in [0.2, 0.25) is 0 Å². The quantitative estimate of drug-likeness (QED) is 0.726. The number of carbonyl (C=O) groups is 1. The highest BCUT2D eigenvalue weighted by molar-refractivity contribution is 7.13. The predicted molar refractivity (Wildman–Crippen MR) is 93.3 cm³/mol. The maximum absolute atomic E-state index is 11.9. The van der Waals surface area contributed by atoms with E-state index >= 15 is 0 Å². The molecule has 2 amide bonds. The van der Waals surface area contributed by atoms with Crippen LogP contribution in [0.2, 0.25) is 0 Å². The van der Waals surface area contributed by atoms with Crippen LogP contribution in [-0.4, -0.2) is 45.1 Å². The second-order valence-corrected chi connectivity index (χ2v) is 6.73. The van der Waals surface area contributed by atoms with Crippen LogP contribution in [0.3, 0.4) is 0 Å². The van der Waals surface area contributed by atoms with E-state index in [1.54, 1.807) is 15.9 Å². The topological polar surface area (TPSA) is 93.4 Å². The molecule has 1 saturated heterocycles. The Bertz CT molecular complexity index is 857. The first-order valence-electron chi connectivity index (χ1n) is 8.18. The van der Waals surface area contributed by atoms with E-state index in [0.717, 1.165) is 30.0 Å². The lowest BCUT2D eigenvalue weighted by atomic mass is 10.2. The van der Waals surface area contributed by atoms with Crippen molar-refractivity contribution in [2.24, 2.45) is 0 Å². The van der Waals surface area contributed by atoms with Gasteiger partial charge in [-0.05, 0) is 36.4 Å². The summed E-state index contributed by atoms with van der Waals surface area (Å²) in [5.74, 6) is 0.584. The second kappa shape index (κ2) is 7.16. The van der Waals surface area contributed by atoms with E-state index in [-0.39, 0.29) is 18.7 Å². The maximum Gasteiger partial charge on any atom is 0.315 e. The van der Waals surface area contributed by atoms with Crippen LogP contribution in [0.5, 0.6) is 0 Å². The first-order valence-corrected chi connectivity index (χ1v) is 9.06. The molecule has 1 fully saturated rings. The summed E-state index contributed by atoms with van der Waals surface area (Å²) in [6.07, 6.45) is 2.16. The third kappa shape index (κ3) is 3.62. The van der Waals surface area contributed by atoms with Crippen molar-refractivity contribution in [1.29, 1.82) is 0 Å². The average Bonchev–Trinajstić information content (AvgIpc) is 3.39. The number of hydrogen-bond donors (Lipinski definition) is 2. The van der Waals surface area contributed by atoms with Crippen molar-refractivity contribution in [3.05, 3.63) is 35.5 Å². The Balaban J connectivity index is 1.40. The van der Waals surface area contributed by atoms with Crippen LogP contribution >= 0.6 is 11.3 Å². The van der Waals surface area contributed by atoms with Gasteiger partial charge in [0.1, 0.15) is 5.69 Å². The van der Waals surface area contributed by atoms with Crippen molar-refractivity contribution in [2.75, 3.05) is 13.2 Å². The zero-order chi connectivity index (χ0) is 17.1. The molecule has 1 aliphatic heterocycles. The summed E-state index contributed by atoms with van der Waals surface area (Å²) >= 11 is 1.62. The first-order chi connectivity index (χ1) is 12.3. The zero-order valence-electron chi connectivity index (χ0n) is 13.5. The number of hydrogen-bond acceptors (Lipinski definition) is 6. The molecular weight excluding hydrogens is 340 g/mol. The molecule has 0 saturated carbocycles. The molecule has 1 aliphatic rings. The number of nitrogens with one attached hydrogen (secondary N) is 2. The number of ether oxygens (including phenoxy) is 1. The van der Waals surface area contributed by atoms with Crippen LogP contribution in [0.4, 0.5) is 4.79 Å². The minimum Gasteiger partial charge on any atom is -0.376 e. The van der Waals surface area contributed by atoms with Crippen LogP contribution in [0.15, 0.2) is 29.6 Å². The molecule has 9 heteroatoms.